The number of phenols is 1. The molecule has 2 aliphatic heterocycles. The van der Waals surface area contributed by atoms with Gasteiger partial charge in [0, 0.05) is 6.42 Å². The molecular weight excluding hydrogens is 600 g/mol. The number of phenolic OH excluding ortho intramolecular Hbond substituents is 1. The lowest BCUT2D eigenvalue weighted by Gasteiger charge is -2.39. The van der Waals surface area contributed by atoms with Crippen LogP contribution in [0.3, 0.4) is 0 Å². The summed E-state index contributed by atoms with van der Waals surface area (Å²) in [5.41, 5.74) is 1.89. The van der Waals surface area contributed by atoms with Crippen LogP contribution in [0.5, 0.6) is 5.75 Å². The van der Waals surface area contributed by atoms with Crippen molar-refractivity contribution >= 4 is 11.9 Å². The second-order valence-electron chi connectivity index (χ2n) is 14.6. The Bertz CT molecular complexity index is 1330. The van der Waals surface area contributed by atoms with E-state index in [-0.39, 0.29) is 41.7 Å². The minimum atomic E-state index is -1.08. The summed E-state index contributed by atoms with van der Waals surface area (Å²) in [5.74, 6) is -1.82. The summed E-state index contributed by atoms with van der Waals surface area (Å²) in [4.78, 5) is 27.1. The van der Waals surface area contributed by atoms with Crippen molar-refractivity contribution in [1.82, 2.24) is 10.4 Å². The molecule has 0 spiro atoms. The molecule has 1 amide bonds. The lowest BCUT2D eigenvalue weighted by Crippen LogP contribution is -2.58. The molecule has 260 valence electrons. The molecule has 0 bridgehead atoms. The van der Waals surface area contributed by atoms with Crippen LogP contribution >= 0.6 is 0 Å². The Labute approximate surface area is 279 Å². The molecule has 6 atom stereocenters. The van der Waals surface area contributed by atoms with Crippen molar-refractivity contribution in [3.63, 3.8) is 0 Å². The van der Waals surface area contributed by atoms with E-state index in [1.807, 2.05) is 58.0 Å². The molecule has 0 radical (unpaired) electrons. The Balaban J connectivity index is 1.56. The number of carbonyl (C=O) groups excluding carboxylic acids is 2. The second kappa shape index (κ2) is 15.9. The number of cyclic esters (lactones) is 1. The van der Waals surface area contributed by atoms with Gasteiger partial charge in [-0.25, -0.2) is 4.79 Å². The first-order chi connectivity index (χ1) is 22.2. The number of esters is 1. The predicted octanol–water partition coefficient (Wildman–Crippen LogP) is 5.87. The summed E-state index contributed by atoms with van der Waals surface area (Å²) in [6.45, 7) is 16.5. The molecule has 3 N–H and O–H groups in total. The van der Waals surface area contributed by atoms with Gasteiger partial charge < -0.3 is 34.6 Å². The average molecular weight is 655 g/mol. The molecule has 10 heteroatoms. The van der Waals surface area contributed by atoms with Gasteiger partial charge in [0.05, 0.1) is 31.3 Å². The Morgan fingerprint density at radius 3 is 2.32 bits per heavy atom. The van der Waals surface area contributed by atoms with Crippen LogP contribution in [0, 0.1) is 17.8 Å². The van der Waals surface area contributed by atoms with Crippen LogP contribution < -0.4 is 5.32 Å². The van der Waals surface area contributed by atoms with Gasteiger partial charge in [-0.15, -0.1) is 0 Å². The lowest BCUT2D eigenvalue weighted by atomic mass is 9.89. The van der Waals surface area contributed by atoms with Gasteiger partial charge in [-0.05, 0) is 61.6 Å². The zero-order chi connectivity index (χ0) is 34.5. The van der Waals surface area contributed by atoms with E-state index in [0.717, 1.165) is 5.56 Å². The van der Waals surface area contributed by atoms with Gasteiger partial charge in [-0.2, -0.15) is 5.06 Å². The van der Waals surface area contributed by atoms with Gasteiger partial charge in [-0.3, -0.25) is 4.79 Å². The van der Waals surface area contributed by atoms with Crippen LogP contribution in [0.25, 0.3) is 0 Å². The van der Waals surface area contributed by atoms with Gasteiger partial charge in [0.25, 0.3) is 5.91 Å². The molecule has 0 aliphatic carbocycles. The van der Waals surface area contributed by atoms with Crippen LogP contribution in [-0.4, -0.2) is 76.1 Å². The van der Waals surface area contributed by atoms with Crippen molar-refractivity contribution < 1.29 is 38.9 Å². The number of hydroxylamine groups is 2. The minimum absolute atomic E-state index is 0.0340. The first-order valence-corrected chi connectivity index (χ1v) is 16.9. The summed E-state index contributed by atoms with van der Waals surface area (Å²) in [6.07, 6.45) is -1.02. The van der Waals surface area contributed by atoms with Crippen LogP contribution in [0.4, 0.5) is 0 Å². The van der Waals surface area contributed by atoms with E-state index in [9.17, 15) is 19.9 Å². The summed E-state index contributed by atoms with van der Waals surface area (Å²) in [7, 11) is 0. The van der Waals surface area contributed by atoms with Crippen LogP contribution in [0.15, 0.2) is 48.5 Å². The molecule has 1 fully saturated rings. The Morgan fingerprint density at radius 1 is 1.00 bits per heavy atom. The van der Waals surface area contributed by atoms with Gasteiger partial charge in [-0.1, -0.05) is 84.0 Å². The normalized spacial score (nSPS) is 22.7. The molecule has 0 saturated carbocycles. The van der Waals surface area contributed by atoms with Gasteiger partial charge in [0.2, 0.25) is 0 Å². The topological polar surface area (TPSA) is 127 Å². The summed E-state index contributed by atoms with van der Waals surface area (Å²) < 4.78 is 24.6. The number of hydrogen-bond donors (Lipinski definition) is 3. The van der Waals surface area contributed by atoms with Gasteiger partial charge in [0.15, 0.2) is 11.9 Å². The fourth-order valence-electron chi connectivity index (χ4n) is 6.59. The van der Waals surface area contributed by atoms with E-state index >= 15 is 0 Å². The highest BCUT2D eigenvalue weighted by Crippen LogP contribution is 2.36. The van der Waals surface area contributed by atoms with Crippen molar-refractivity contribution in [2.75, 3.05) is 6.61 Å². The molecule has 1 saturated heterocycles. The fraction of sp³-hybridized carbons (Fsp3) is 0.622. The third-order valence-corrected chi connectivity index (χ3v) is 8.84. The Hall–Kier alpha value is -3.02. The fourth-order valence-corrected chi connectivity index (χ4v) is 6.59. The smallest absolute Gasteiger partial charge is 0.342 e. The standard InChI is InChI=1S/C37H54N2O8/c1-22(2)17-27(31-19-26-15-12-16-30(40)32(26)36(42)45-31)38-35(41)34-33(46-37(7,8)47-34)28(18-23(3)4)39(43)29(24(5)6)21-44-20-25-13-10-9-11-14-25/h9-16,22-24,27-29,31,33-34,40,43H,17-21H2,1-8H3,(H,38,41)/t27-,28-,29-,31-,33-,34-/m0/s1. The number of nitrogens with one attached hydrogen (secondary N) is 1. The van der Waals surface area contributed by atoms with E-state index in [0.29, 0.717) is 31.4 Å². The Kier molecular flexibility index (Phi) is 12.5. The number of hydrogen-bond acceptors (Lipinski definition) is 9. The maximum absolute atomic E-state index is 14.2. The molecule has 2 aromatic rings. The first-order valence-electron chi connectivity index (χ1n) is 16.9. The molecule has 2 heterocycles. The number of rotatable bonds is 15. The molecule has 47 heavy (non-hydrogen) atoms. The van der Waals surface area contributed by atoms with E-state index in [1.54, 1.807) is 26.0 Å². The zero-order valence-electron chi connectivity index (χ0n) is 29.1. The van der Waals surface area contributed by atoms with E-state index < -0.39 is 48.1 Å². The van der Waals surface area contributed by atoms with E-state index in [4.69, 9.17) is 18.9 Å². The monoisotopic (exact) mass is 654 g/mol. The van der Waals surface area contributed by atoms with Crippen molar-refractivity contribution in [2.45, 2.75) is 123 Å². The Morgan fingerprint density at radius 2 is 1.68 bits per heavy atom. The molecule has 0 unspecified atom stereocenters. The molecule has 4 rings (SSSR count). The molecule has 2 aromatic carbocycles. The molecule has 10 nitrogen and oxygen atoms in total. The number of benzene rings is 2. The second-order valence-corrected chi connectivity index (χ2v) is 14.6. The summed E-state index contributed by atoms with van der Waals surface area (Å²) >= 11 is 0. The number of ether oxygens (including phenoxy) is 4. The molecule has 2 aliphatic rings. The average Bonchev–Trinajstić information content (AvgIpc) is 3.32. The van der Waals surface area contributed by atoms with E-state index in [1.165, 1.54) is 11.1 Å². The number of fused-ring (bicyclic) bond motifs is 1. The van der Waals surface area contributed by atoms with Gasteiger partial charge in [0.1, 0.15) is 23.5 Å². The highest BCUT2D eigenvalue weighted by atomic mass is 16.8. The zero-order valence-corrected chi connectivity index (χ0v) is 29.1. The maximum atomic E-state index is 14.2. The third kappa shape index (κ3) is 9.54. The molecule has 0 aromatic heterocycles. The first kappa shape index (κ1) is 36.8. The van der Waals surface area contributed by atoms with E-state index in [2.05, 4.69) is 19.2 Å². The van der Waals surface area contributed by atoms with Crippen LogP contribution in [0.2, 0.25) is 0 Å². The molecular formula is C37H54N2O8. The minimum Gasteiger partial charge on any atom is -0.507 e. The SMILES string of the molecule is CC(C)C[C@H](NC(=O)[C@H]1OC(C)(C)O[C@H]1[C@H](CC(C)C)N(O)[C@@H](COCc1ccccc1)C(C)C)[C@@H]1Cc2cccc(O)c2C(=O)O1. The summed E-state index contributed by atoms with van der Waals surface area (Å²) in [6, 6.07) is 13.4. The van der Waals surface area contributed by atoms with Gasteiger partial charge >= 0.3 is 5.97 Å². The predicted molar refractivity (Wildman–Crippen MR) is 178 cm³/mol. The van der Waals surface area contributed by atoms with Crippen molar-refractivity contribution in [3.05, 3.63) is 65.2 Å². The third-order valence-electron chi connectivity index (χ3n) is 8.84. The largest absolute Gasteiger partial charge is 0.507 e. The number of aromatic hydroxyl groups is 1. The highest BCUT2D eigenvalue weighted by molar-refractivity contribution is 5.95. The number of carbonyl (C=O) groups is 2. The van der Waals surface area contributed by atoms with Crippen LogP contribution in [0.1, 0.15) is 89.7 Å². The summed E-state index contributed by atoms with van der Waals surface area (Å²) in [5, 5.41) is 26.6. The quantitative estimate of drug-likeness (QED) is 0.160. The van der Waals surface area contributed by atoms with Crippen molar-refractivity contribution in [1.29, 1.82) is 0 Å². The highest BCUT2D eigenvalue weighted by Gasteiger charge is 2.52. The number of nitrogens with zero attached hydrogens (tertiary/aromatic N) is 1. The van der Waals surface area contributed by atoms with Crippen molar-refractivity contribution in [2.24, 2.45) is 17.8 Å². The van der Waals surface area contributed by atoms with Crippen LogP contribution in [-0.2, 0) is 36.8 Å². The lowest BCUT2D eigenvalue weighted by molar-refractivity contribution is -0.220. The maximum Gasteiger partial charge on any atom is 0.342 e. The van der Waals surface area contributed by atoms with Crippen molar-refractivity contribution in [3.8, 4) is 5.75 Å². The number of amides is 1.